The van der Waals surface area contributed by atoms with Crippen LogP contribution in [0, 0.1) is 11.3 Å². The Balaban J connectivity index is 2.69. The minimum Gasteiger partial charge on any atom is -0.383 e. The maximum atomic E-state index is 8.99. The summed E-state index contributed by atoms with van der Waals surface area (Å²) in [5, 5.41) is 12.3. The third-order valence-electron chi connectivity index (χ3n) is 2.66. The minimum absolute atomic E-state index is 0.116. The van der Waals surface area contributed by atoms with Crippen molar-refractivity contribution in [3.05, 3.63) is 27.7 Å². The first-order valence-electron chi connectivity index (χ1n) is 4.52. The second kappa shape index (κ2) is 2.99. The van der Waals surface area contributed by atoms with Gasteiger partial charge in [-0.05, 0) is 17.7 Å². The van der Waals surface area contributed by atoms with E-state index in [1.807, 2.05) is 6.07 Å². The van der Waals surface area contributed by atoms with E-state index in [2.05, 4.69) is 47.2 Å². The Hall–Kier alpha value is -1.01. The second-order valence-corrected chi connectivity index (χ2v) is 5.14. The Morgan fingerprint density at radius 1 is 1.50 bits per heavy atom. The van der Waals surface area contributed by atoms with E-state index in [-0.39, 0.29) is 5.41 Å². The molecule has 1 aliphatic heterocycles. The van der Waals surface area contributed by atoms with Crippen LogP contribution in [0.15, 0.2) is 16.6 Å². The molecular weight excluding hydrogens is 240 g/mol. The van der Waals surface area contributed by atoms with Gasteiger partial charge in [0.15, 0.2) is 0 Å². The molecule has 0 aromatic heterocycles. The zero-order chi connectivity index (χ0) is 10.3. The number of fused-ring (bicyclic) bond motifs is 1. The van der Waals surface area contributed by atoms with Crippen LogP contribution in [0.5, 0.6) is 0 Å². The highest BCUT2D eigenvalue weighted by atomic mass is 79.9. The van der Waals surface area contributed by atoms with Gasteiger partial charge in [-0.2, -0.15) is 5.26 Å². The van der Waals surface area contributed by atoms with E-state index in [0.29, 0.717) is 0 Å². The van der Waals surface area contributed by atoms with Crippen molar-refractivity contribution in [2.75, 3.05) is 11.9 Å². The Labute approximate surface area is 92.1 Å². The third kappa shape index (κ3) is 1.31. The first-order chi connectivity index (χ1) is 6.54. The highest BCUT2D eigenvalue weighted by Crippen LogP contribution is 2.39. The normalized spacial score (nSPS) is 17.0. The fraction of sp³-hybridized carbons (Fsp3) is 0.364. The van der Waals surface area contributed by atoms with Crippen molar-refractivity contribution in [1.29, 1.82) is 5.26 Å². The molecule has 1 aromatic rings. The molecule has 0 spiro atoms. The van der Waals surface area contributed by atoms with Gasteiger partial charge in [-0.25, -0.2) is 0 Å². The molecule has 3 heteroatoms. The van der Waals surface area contributed by atoms with Crippen molar-refractivity contribution in [3.8, 4) is 6.07 Å². The monoisotopic (exact) mass is 250 g/mol. The van der Waals surface area contributed by atoms with Crippen LogP contribution in [0.4, 0.5) is 5.69 Å². The molecule has 0 fully saturated rings. The van der Waals surface area contributed by atoms with Crippen molar-refractivity contribution in [2.24, 2.45) is 0 Å². The number of nitrogens with one attached hydrogen (secondary N) is 1. The number of hydrogen-bond donors (Lipinski definition) is 1. The van der Waals surface area contributed by atoms with E-state index in [9.17, 15) is 0 Å². The summed E-state index contributed by atoms with van der Waals surface area (Å²) < 4.78 is 0.976. The maximum Gasteiger partial charge on any atom is 0.101 e. The molecule has 0 atom stereocenters. The quantitative estimate of drug-likeness (QED) is 0.769. The van der Waals surface area contributed by atoms with Gasteiger partial charge in [0.1, 0.15) is 6.07 Å². The summed E-state index contributed by atoms with van der Waals surface area (Å²) in [6, 6.07) is 6.16. The molecule has 0 aliphatic carbocycles. The molecule has 1 aromatic carbocycles. The lowest BCUT2D eigenvalue weighted by Gasteiger charge is -2.17. The van der Waals surface area contributed by atoms with E-state index in [1.165, 1.54) is 5.56 Å². The average molecular weight is 251 g/mol. The summed E-state index contributed by atoms with van der Waals surface area (Å²) in [6.45, 7) is 5.26. The van der Waals surface area contributed by atoms with Crippen molar-refractivity contribution in [3.63, 3.8) is 0 Å². The maximum absolute atomic E-state index is 8.99. The molecule has 0 bridgehead atoms. The predicted molar refractivity (Wildman–Crippen MR) is 60.4 cm³/mol. The molecule has 2 rings (SSSR count). The number of anilines is 1. The van der Waals surface area contributed by atoms with Crippen molar-refractivity contribution < 1.29 is 0 Å². The molecule has 72 valence electrons. The van der Waals surface area contributed by atoms with E-state index in [0.717, 1.165) is 22.3 Å². The van der Waals surface area contributed by atoms with Crippen LogP contribution in [-0.4, -0.2) is 6.54 Å². The van der Waals surface area contributed by atoms with Gasteiger partial charge in [-0.3, -0.25) is 0 Å². The lowest BCUT2D eigenvalue weighted by atomic mass is 9.86. The fourth-order valence-electron chi connectivity index (χ4n) is 1.82. The van der Waals surface area contributed by atoms with Crippen LogP contribution in [-0.2, 0) is 5.41 Å². The van der Waals surface area contributed by atoms with Crippen LogP contribution >= 0.6 is 15.9 Å². The number of hydrogen-bond acceptors (Lipinski definition) is 2. The van der Waals surface area contributed by atoms with Crippen LogP contribution < -0.4 is 5.32 Å². The molecule has 14 heavy (non-hydrogen) atoms. The smallest absolute Gasteiger partial charge is 0.101 e. The third-order valence-corrected chi connectivity index (χ3v) is 3.12. The Kier molecular flexibility index (Phi) is 2.04. The number of nitriles is 1. The number of rotatable bonds is 0. The van der Waals surface area contributed by atoms with Gasteiger partial charge in [0.05, 0.1) is 11.3 Å². The van der Waals surface area contributed by atoms with Crippen LogP contribution in [0.2, 0.25) is 0 Å². The molecule has 2 nitrogen and oxygen atoms in total. The molecular formula is C11H11BrN2. The van der Waals surface area contributed by atoms with Crippen molar-refractivity contribution in [1.82, 2.24) is 0 Å². The standard InChI is InChI=1S/C11H11BrN2/c1-11(2)6-14-10-7(5-13)3-8(12)4-9(10)11/h3-4,14H,6H2,1-2H3. The lowest BCUT2D eigenvalue weighted by Crippen LogP contribution is -2.18. The van der Waals surface area contributed by atoms with Gasteiger partial charge in [0, 0.05) is 16.4 Å². The highest BCUT2D eigenvalue weighted by molar-refractivity contribution is 9.10. The van der Waals surface area contributed by atoms with Gasteiger partial charge >= 0.3 is 0 Å². The van der Waals surface area contributed by atoms with Gasteiger partial charge in [0.2, 0.25) is 0 Å². The molecule has 1 heterocycles. The summed E-state index contributed by atoms with van der Waals surface area (Å²) in [6.07, 6.45) is 0. The number of benzene rings is 1. The fourth-order valence-corrected chi connectivity index (χ4v) is 2.28. The summed E-state index contributed by atoms with van der Waals surface area (Å²) in [5.74, 6) is 0. The van der Waals surface area contributed by atoms with Gasteiger partial charge in [-0.15, -0.1) is 0 Å². The van der Waals surface area contributed by atoms with E-state index >= 15 is 0 Å². The van der Waals surface area contributed by atoms with Gasteiger partial charge in [-0.1, -0.05) is 29.8 Å². The first kappa shape index (κ1) is 9.54. The Morgan fingerprint density at radius 3 is 2.86 bits per heavy atom. The van der Waals surface area contributed by atoms with E-state index in [1.54, 1.807) is 0 Å². The Bertz CT molecular complexity index is 430. The SMILES string of the molecule is CC1(C)CNc2c(C#N)cc(Br)cc21. The summed E-state index contributed by atoms with van der Waals surface area (Å²) >= 11 is 3.43. The molecule has 0 unspecified atom stereocenters. The topological polar surface area (TPSA) is 35.8 Å². The summed E-state index contributed by atoms with van der Waals surface area (Å²) in [4.78, 5) is 0. The number of nitrogens with zero attached hydrogens (tertiary/aromatic N) is 1. The lowest BCUT2D eigenvalue weighted by molar-refractivity contribution is 0.586. The largest absolute Gasteiger partial charge is 0.383 e. The van der Waals surface area contributed by atoms with Crippen molar-refractivity contribution >= 4 is 21.6 Å². The summed E-state index contributed by atoms with van der Waals surface area (Å²) in [7, 11) is 0. The van der Waals surface area contributed by atoms with E-state index < -0.39 is 0 Å². The van der Waals surface area contributed by atoms with Crippen LogP contribution in [0.3, 0.4) is 0 Å². The molecule has 0 amide bonds. The molecule has 0 radical (unpaired) electrons. The minimum atomic E-state index is 0.116. The first-order valence-corrected chi connectivity index (χ1v) is 5.32. The Morgan fingerprint density at radius 2 is 2.21 bits per heavy atom. The molecule has 1 N–H and O–H groups in total. The van der Waals surface area contributed by atoms with Crippen LogP contribution in [0.1, 0.15) is 25.0 Å². The van der Waals surface area contributed by atoms with Gasteiger partial charge < -0.3 is 5.32 Å². The average Bonchev–Trinajstić information content (AvgIpc) is 2.42. The van der Waals surface area contributed by atoms with E-state index in [4.69, 9.17) is 5.26 Å². The second-order valence-electron chi connectivity index (χ2n) is 4.23. The van der Waals surface area contributed by atoms with Crippen LogP contribution in [0.25, 0.3) is 0 Å². The highest BCUT2D eigenvalue weighted by Gasteiger charge is 2.31. The summed E-state index contributed by atoms with van der Waals surface area (Å²) in [5.41, 5.74) is 3.06. The number of halogens is 1. The zero-order valence-corrected chi connectivity index (χ0v) is 9.77. The van der Waals surface area contributed by atoms with Crippen molar-refractivity contribution in [2.45, 2.75) is 19.3 Å². The molecule has 0 saturated heterocycles. The molecule has 0 saturated carbocycles. The zero-order valence-electron chi connectivity index (χ0n) is 8.19. The van der Waals surface area contributed by atoms with Gasteiger partial charge in [0.25, 0.3) is 0 Å². The molecule has 1 aliphatic rings. The predicted octanol–water partition coefficient (Wildman–Crippen LogP) is 3.02.